The summed E-state index contributed by atoms with van der Waals surface area (Å²) < 4.78 is 4.08. The monoisotopic (exact) mass is 392 g/mol. The normalized spacial score (nSPS) is 11.2. The molecule has 0 unspecified atom stereocenters. The van der Waals surface area contributed by atoms with Crippen LogP contribution >= 0.6 is 0 Å². The summed E-state index contributed by atoms with van der Waals surface area (Å²) in [6.07, 6.45) is 3.95. The first-order chi connectivity index (χ1) is 14.0. The number of carbonyl (C=O) groups is 1. The predicted molar refractivity (Wildman–Crippen MR) is 110 cm³/mol. The second kappa shape index (κ2) is 7.34. The van der Waals surface area contributed by atoms with Gasteiger partial charge in [-0.25, -0.2) is 9.78 Å². The van der Waals surface area contributed by atoms with Gasteiger partial charge in [0.1, 0.15) is 0 Å². The summed E-state index contributed by atoms with van der Waals surface area (Å²) in [4.78, 5) is 45.2. The number of aryl methyl sites for hydroxylation is 2. The van der Waals surface area contributed by atoms with Crippen LogP contribution in [-0.2, 0) is 25.4 Å². The van der Waals surface area contributed by atoms with Crippen molar-refractivity contribution in [3.05, 3.63) is 63.7 Å². The lowest BCUT2D eigenvalue weighted by atomic mass is 10.2. The fourth-order valence-corrected chi connectivity index (χ4v) is 3.34. The topological polar surface area (TPSA) is 104 Å². The number of anilines is 1. The SMILES string of the molecule is Cn1c(=O)c2c(ncn2CCCC(=O)Nc2cnc3ccccc3c2)n(C)c1=O. The van der Waals surface area contributed by atoms with Crippen molar-refractivity contribution in [2.24, 2.45) is 14.1 Å². The molecule has 0 aliphatic rings. The minimum Gasteiger partial charge on any atom is -0.325 e. The van der Waals surface area contributed by atoms with Crippen molar-refractivity contribution in [1.82, 2.24) is 23.7 Å². The van der Waals surface area contributed by atoms with Crippen LogP contribution in [0.1, 0.15) is 12.8 Å². The van der Waals surface area contributed by atoms with E-state index >= 15 is 0 Å². The molecule has 148 valence electrons. The Bertz CT molecular complexity index is 1350. The lowest BCUT2D eigenvalue weighted by Crippen LogP contribution is -2.37. The van der Waals surface area contributed by atoms with Crippen LogP contribution in [0.4, 0.5) is 5.69 Å². The summed E-state index contributed by atoms with van der Waals surface area (Å²) >= 11 is 0. The summed E-state index contributed by atoms with van der Waals surface area (Å²) in [7, 11) is 3.01. The van der Waals surface area contributed by atoms with Crippen LogP contribution in [0, 0.1) is 0 Å². The second-order valence-corrected chi connectivity index (χ2v) is 6.88. The van der Waals surface area contributed by atoms with E-state index in [1.165, 1.54) is 17.9 Å². The number of imidazole rings is 1. The first-order valence-corrected chi connectivity index (χ1v) is 9.21. The average molecular weight is 392 g/mol. The van der Waals surface area contributed by atoms with Gasteiger partial charge in [-0.1, -0.05) is 18.2 Å². The fourth-order valence-electron chi connectivity index (χ4n) is 3.34. The van der Waals surface area contributed by atoms with E-state index in [9.17, 15) is 14.4 Å². The number of pyridine rings is 1. The van der Waals surface area contributed by atoms with Gasteiger partial charge >= 0.3 is 5.69 Å². The number of benzene rings is 1. The van der Waals surface area contributed by atoms with Gasteiger partial charge < -0.3 is 9.88 Å². The van der Waals surface area contributed by atoms with E-state index in [1.54, 1.807) is 17.8 Å². The molecule has 4 rings (SSSR count). The molecule has 29 heavy (non-hydrogen) atoms. The van der Waals surface area contributed by atoms with E-state index in [-0.39, 0.29) is 12.3 Å². The first-order valence-electron chi connectivity index (χ1n) is 9.21. The molecule has 0 saturated heterocycles. The number of carbonyl (C=O) groups excluding carboxylic acids is 1. The number of para-hydroxylation sites is 1. The molecule has 0 aliphatic carbocycles. The number of nitrogens with zero attached hydrogens (tertiary/aromatic N) is 5. The number of fused-ring (bicyclic) bond motifs is 2. The van der Waals surface area contributed by atoms with Crippen molar-refractivity contribution in [3.63, 3.8) is 0 Å². The molecule has 0 saturated carbocycles. The molecule has 0 bridgehead atoms. The lowest BCUT2D eigenvalue weighted by Gasteiger charge is -2.08. The Hall–Kier alpha value is -3.75. The van der Waals surface area contributed by atoms with E-state index in [0.717, 1.165) is 15.5 Å². The Morgan fingerprint density at radius 1 is 1.10 bits per heavy atom. The van der Waals surface area contributed by atoms with Gasteiger partial charge in [-0.2, -0.15) is 0 Å². The zero-order chi connectivity index (χ0) is 20.5. The van der Waals surface area contributed by atoms with Crippen molar-refractivity contribution in [2.45, 2.75) is 19.4 Å². The molecule has 0 aliphatic heterocycles. The zero-order valence-corrected chi connectivity index (χ0v) is 16.1. The van der Waals surface area contributed by atoms with Crippen molar-refractivity contribution in [3.8, 4) is 0 Å². The molecule has 1 N–H and O–H groups in total. The number of nitrogens with one attached hydrogen (secondary N) is 1. The van der Waals surface area contributed by atoms with E-state index in [2.05, 4.69) is 15.3 Å². The van der Waals surface area contributed by atoms with Crippen LogP contribution in [0.3, 0.4) is 0 Å². The molecule has 3 aromatic heterocycles. The van der Waals surface area contributed by atoms with E-state index in [4.69, 9.17) is 0 Å². The van der Waals surface area contributed by atoms with Gasteiger partial charge in [-0.15, -0.1) is 0 Å². The third kappa shape index (κ3) is 3.42. The summed E-state index contributed by atoms with van der Waals surface area (Å²) in [6.45, 7) is 0.438. The van der Waals surface area contributed by atoms with Gasteiger partial charge in [0.25, 0.3) is 5.56 Å². The third-order valence-corrected chi connectivity index (χ3v) is 4.89. The maximum atomic E-state index is 12.4. The molecule has 9 nitrogen and oxygen atoms in total. The molecule has 0 radical (unpaired) electrons. The molecule has 4 aromatic rings. The maximum Gasteiger partial charge on any atom is 0.332 e. The largest absolute Gasteiger partial charge is 0.332 e. The Labute approximate surface area is 165 Å². The Morgan fingerprint density at radius 3 is 2.72 bits per heavy atom. The molecule has 0 fully saturated rings. The minimum atomic E-state index is -0.420. The van der Waals surface area contributed by atoms with Crippen LogP contribution in [0.25, 0.3) is 22.1 Å². The molecule has 0 atom stereocenters. The van der Waals surface area contributed by atoms with Crippen LogP contribution in [-0.4, -0.2) is 29.6 Å². The Kier molecular flexibility index (Phi) is 4.71. The molecule has 1 amide bonds. The minimum absolute atomic E-state index is 0.133. The van der Waals surface area contributed by atoms with Crippen LogP contribution in [0.2, 0.25) is 0 Å². The van der Waals surface area contributed by atoms with E-state index < -0.39 is 11.2 Å². The average Bonchev–Trinajstić information content (AvgIpc) is 3.14. The smallest absolute Gasteiger partial charge is 0.325 e. The Morgan fingerprint density at radius 2 is 1.90 bits per heavy atom. The van der Waals surface area contributed by atoms with Crippen LogP contribution in [0.5, 0.6) is 0 Å². The Balaban J connectivity index is 1.44. The van der Waals surface area contributed by atoms with Crippen molar-refractivity contribution in [1.29, 1.82) is 0 Å². The number of rotatable bonds is 5. The van der Waals surface area contributed by atoms with Crippen molar-refractivity contribution >= 4 is 33.7 Å². The zero-order valence-electron chi connectivity index (χ0n) is 16.1. The summed E-state index contributed by atoms with van der Waals surface area (Å²) in [5.74, 6) is -0.133. The lowest BCUT2D eigenvalue weighted by molar-refractivity contribution is -0.116. The molecular weight excluding hydrogens is 372 g/mol. The first kappa shape index (κ1) is 18.6. The summed E-state index contributed by atoms with van der Waals surface area (Å²) in [5, 5.41) is 3.81. The maximum absolute atomic E-state index is 12.4. The van der Waals surface area contributed by atoms with Gasteiger partial charge in [0.15, 0.2) is 11.2 Å². The molecule has 1 aromatic carbocycles. The number of aromatic nitrogens is 5. The number of hydrogen-bond donors (Lipinski definition) is 1. The highest BCUT2D eigenvalue weighted by Crippen LogP contribution is 2.16. The van der Waals surface area contributed by atoms with Crippen LogP contribution < -0.4 is 16.6 Å². The molecule has 0 spiro atoms. The predicted octanol–water partition coefficient (Wildman–Crippen LogP) is 1.40. The third-order valence-electron chi connectivity index (χ3n) is 4.89. The fraction of sp³-hybridized carbons (Fsp3) is 0.250. The molecular formula is C20H20N6O3. The van der Waals surface area contributed by atoms with E-state index in [1.807, 2.05) is 30.3 Å². The second-order valence-electron chi connectivity index (χ2n) is 6.88. The standard InChI is InChI=1S/C20H20N6O3/c1-24-18-17(19(28)25(2)20(24)29)26(12-22-18)9-5-8-16(27)23-14-10-13-6-3-4-7-15(13)21-11-14/h3-4,6-7,10-12H,5,8-9H2,1-2H3,(H,23,27). The summed E-state index contributed by atoms with van der Waals surface area (Å²) in [5.41, 5.74) is 1.39. The highest BCUT2D eigenvalue weighted by molar-refractivity contribution is 5.93. The van der Waals surface area contributed by atoms with Gasteiger partial charge in [0.2, 0.25) is 5.91 Å². The van der Waals surface area contributed by atoms with E-state index in [0.29, 0.717) is 29.8 Å². The van der Waals surface area contributed by atoms with Gasteiger partial charge in [0.05, 0.1) is 23.7 Å². The molecule has 3 heterocycles. The quantitative estimate of drug-likeness (QED) is 0.553. The number of amides is 1. The molecule has 9 heteroatoms. The summed E-state index contributed by atoms with van der Waals surface area (Å²) in [6, 6.07) is 9.57. The highest BCUT2D eigenvalue weighted by atomic mass is 16.2. The highest BCUT2D eigenvalue weighted by Gasteiger charge is 2.14. The number of hydrogen-bond acceptors (Lipinski definition) is 5. The van der Waals surface area contributed by atoms with Crippen LogP contribution in [0.15, 0.2) is 52.4 Å². The van der Waals surface area contributed by atoms with Gasteiger partial charge in [-0.05, 0) is 18.6 Å². The van der Waals surface area contributed by atoms with Gasteiger partial charge in [0, 0.05) is 32.4 Å². The van der Waals surface area contributed by atoms with Crippen molar-refractivity contribution in [2.75, 3.05) is 5.32 Å². The van der Waals surface area contributed by atoms with Crippen molar-refractivity contribution < 1.29 is 4.79 Å². The van der Waals surface area contributed by atoms with Gasteiger partial charge in [-0.3, -0.25) is 23.7 Å².